The van der Waals surface area contributed by atoms with Crippen molar-refractivity contribution in [3.63, 3.8) is 0 Å². The second-order valence-corrected chi connectivity index (χ2v) is 8.37. The molecule has 0 aliphatic rings. The summed E-state index contributed by atoms with van der Waals surface area (Å²) in [7, 11) is -5.51. The summed E-state index contributed by atoms with van der Waals surface area (Å²) >= 11 is 0. The van der Waals surface area contributed by atoms with E-state index in [2.05, 4.69) is 4.98 Å². The molecule has 1 aromatic carbocycles. The van der Waals surface area contributed by atoms with E-state index >= 15 is 0 Å². The van der Waals surface area contributed by atoms with Crippen LogP contribution >= 0.6 is 0 Å². The fraction of sp³-hybridized carbons (Fsp3) is 0.294. The van der Waals surface area contributed by atoms with Crippen molar-refractivity contribution in [3.05, 3.63) is 47.7 Å². The molecule has 2 aromatic rings. The minimum absolute atomic E-state index is 0.0407. The molecule has 0 saturated heterocycles. The molecule has 132 valence electrons. The lowest BCUT2D eigenvalue weighted by Gasteiger charge is -2.18. The van der Waals surface area contributed by atoms with Gasteiger partial charge in [0.1, 0.15) is 0 Å². The smallest absolute Gasteiger partial charge is 0.252 e. The van der Waals surface area contributed by atoms with Crippen LogP contribution in [0.15, 0.2) is 41.3 Å². The number of alkyl halides is 3. The van der Waals surface area contributed by atoms with Crippen molar-refractivity contribution < 1.29 is 21.6 Å². The van der Waals surface area contributed by atoms with Crippen molar-refractivity contribution in [1.29, 1.82) is 5.26 Å². The zero-order valence-corrected chi connectivity index (χ0v) is 14.5. The monoisotopic (exact) mass is 368 g/mol. The highest BCUT2D eigenvalue weighted by Gasteiger charge is 2.47. The van der Waals surface area contributed by atoms with Gasteiger partial charge in [-0.2, -0.15) is 18.4 Å². The first-order chi connectivity index (χ1) is 11.4. The van der Waals surface area contributed by atoms with E-state index in [1.54, 1.807) is 12.1 Å². The van der Waals surface area contributed by atoms with Gasteiger partial charge in [0, 0.05) is 16.7 Å². The quantitative estimate of drug-likeness (QED) is 0.796. The topological polar surface area (TPSA) is 70.8 Å². The summed E-state index contributed by atoms with van der Waals surface area (Å²) in [6, 6.07) is 9.47. The second kappa shape index (κ2) is 6.15. The van der Waals surface area contributed by atoms with Crippen LogP contribution in [0.3, 0.4) is 0 Å². The van der Waals surface area contributed by atoms with Crippen LogP contribution in [0, 0.1) is 11.3 Å². The third-order valence-electron chi connectivity index (χ3n) is 3.52. The molecule has 0 atom stereocenters. The summed E-state index contributed by atoms with van der Waals surface area (Å²) in [5.74, 6) is 0. The van der Waals surface area contributed by atoms with Gasteiger partial charge in [-0.1, -0.05) is 26.8 Å². The minimum atomic E-state index is -5.51. The lowest BCUT2D eigenvalue weighted by atomic mass is 9.91. The van der Waals surface area contributed by atoms with E-state index in [1.165, 1.54) is 6.07 Å². The number of benzene rings is 1. The van der Waals surface area contributed by atoms with Crippen LogP contribution in [0.4, 0.5) is 13.2 Å². The van der Waals surface area contributed by atoms with Gasteiger partial charge in [0.15, 0.2) is 0 Å². The Balaban J connectivity index is 2.71. The maximum atomic E-state index is 12.8. The molecule has 0 unspecified atom stereocenters. The Kier molecular flexibility index (Phi) is 4.66. The Bertz CT molecular complexity index is 953. The van der Waals surface area contributed by atoms with Gasteiger partial charge in [-0.25, -0.2) is 8.42 Å². The molecular formula is C17H15F3N2O2S. The van der Waals surface area contributed by atoms with Gasteiger partial charge in [-0.3, -0.25) is 4.98 Å². The first-order valence-electron chi connectivity index (χ1n) is 7.21. The summed E-state index contributed by atoms with van der Waals surface area (Å²) in [4.78, 5) is 3.46. The van der Waals surface area contributed by atoms with Gasteiger partial charge in [-0.15, -0.1) is 0 Å². The number of aromatic nitrogens is 1. The highest BCUT2D eigenvalue weighted by Crippen LogP contribution is 2.34. The molecule has 1 aromatic heterocycles. The number of sulfone groups is 1. The fourth-order valence-electron chi connectivity index (χ4n) is 2.14. The van der Waals surface area contributed by atoms with Crippen LogP contribution in [0.25, 0.3) is 11.3 Å². The van der Waals surface area contributed by atoms with Gasteiger partial charge < -0.3 is 0 Å². The number of nitriles is 1. The average molecular weight is 368 g/mol. The Morgan fingerprint density at radius 3 is 2.24 bits per heavy atom. The molecule has 25 heavy (non-hydrogen) atoms. The van der Waals surface area contributed by atoms with Crippen molar-refractivity contribution in [2.75, 3.05) is 0 Å². The van der Waals surface area contributed by atoms with Gasteiger partial charge >= 0.3 is 5.51 Å². The molecule has 2 rings (SSSR count). The SMILES string of the molecule is CC(C)(C)c1cccc(-c2cc(S(=O)(=O)C(F)(F)F)ccc2C#N)n1. The third-order valence-corrected chi connectivity index (χ3v) is 5.00. The van der Waals surface area contributed by atoms with Gasteiger partial charge in [0.25, 0.3) is 9.84 Å². The zero-order chi connectivity index (χ0) is 19.0. The molecule has 1 heterocycles. The van der Waals surface area contributed by atoms with Crippen LogP contribution in [0.5, 0.6) is 0 Å². The van der Waals surface area contributed by atoms with E-state index in [1.807, 2.05) is 26.8 Å². The molecule has 0 N–H and O–H groups in total. The number of nitrogens with zero attached hydrogens (tertiary/aromatic N) is 2. The molecule has 0 spiro atoms. The highest BCUT2D eigenvalue weighted by atomic mass is 32.2. The largest absolute Gasteiger partial charge is 0.501 e. The molecule has 0 fully saturated rings. The summed E-state index contributed by atoms with van der Waals surface area (Å²) in [5.41, 5.74) is -4.75. The molecular weight excluding hydrogens is 353 g/mol. The first kappa shape index (κ1) is 18.9. The van der Waals surface area contributed by atoms with Crippen molar-refractivity contribution in [3.8, 4) is 17.3 Å². The van der Waals surface area contributed by atoms with Gasteiger partial charge in [0.05, 0.1) is 22.2 Å². The number of halogens is 3. The van der Waals surface area contributed by atoms with Crippen LogP contribution in [-0.2, 0) is 15.3 Å². The Morgan fingerprint density at radius 1 is 1.08 bits per heavy atom. The third kappa shape index (κ3) is 3.66. The average Bonchev–Trinajstić information content (AvgIpc) is 2.52. The van der Waals surface area contributed by atoms with Crippen LogP contribution in [0.2, 0.25) is 0 Å². The molecule has 0 radical (unpaired) electrons. The zero-order valence-electron chi connectivity index (χ0n) is 13.7. The summed E-state index contributed by atoms with van der Waals surface area (Å²) < 4.78 is 61.6. The predicted molar refractivity (Wildman–Crippen MR) is 86.3 cm³/mol. The molecule has 0 saturated carbocycles. The van der Waals surface area contributed by atoms with E-state index in [-0.39, 0.29) is 22.2 Å². The van der Waals surface area contributed by atoms with E-state index < -0.39 is 20.2 Å². The van der Waals surface area contributed by atoms with E-state index in [4.69, 9.17) is 0 Å². The lowest BCUT2D eigenvalue weighted by Crippen LogP contribution is -2.23. The van der Waals surface area contributed by atoms with Crippen LogP contribution in [0.1, 0.15) is 32.0 Å². The predicted octanol–water partition coefficient (Wildman–Crippen LogP) is 4.21. The van der Waals surface area contributed by atoms with Gasteiger partial charge in [0.2, 0.25) is 0 Å². The fourth-order valence-corrected chi connectivity index (χ4v) is 2.92. The number of hydrogen-bond donors (Lipinski definition) is 0. The van der Waals surface area contributed by atoms with Crippen molar-refractivity contribution in [2.45, 2.75) is 36.6 Å². The van der Waals surface area contributed by atoms with Crippen LogP contribution < -0.4 is 0 Å². The van der Waals surface area contributed by atoms with Gasteiger partial charge in [-0.05, 0) is 30.3 Å². The molecule has 8 heteroatoms. The number of rotatable bonds is 2. The number of hydrogen-bond acceptors (Lipinski definition) is 4. The standard InChI is InChI=1S/C17H15F3N2O2S/c1-16(2,3)15-6-4-5-14(22-15)13-9-12(8-7-11(13)10-21)25(23,24)17(18,19)20/h4-9H,1-3H3. The van der Waals surface area contributed by atoms with Crippen LogP contribution in [-0.4, -0.2) is 18.9 Å². The van der Waals surface area contributed by atoms with E-state index in [0.717, 1.165) is 18.2 Å². The first-order valence-corrected chi connectivity index (χ1v) is 8.69. The molecule has 4 nitrogen and oxygen atoms in total. The Morgan fingerprint density at radius 2 is 1.72 bits per heavy atom. The second-order valence-electron chi connectivity index (χ2n) is 6.43. The molecule has 0 bridgehead atoms. The molecule has 0 aliphatic carbocycles. The Labute approximate surface area is 143 Å². The summed E-state index contributed by atoms with van der Waals surface area (Å²) in [6.07, 6.45) is 0. The summed E-state index contributed by atoms with van der Waals surface area (Å²) in [5, 5.41) is 9.21. The maximum absolute atomic E-state index is 12.8. The maximum Gasteiger partial charge on any atom is 0.501 e. The lowest BCUT2D eigenvalue weighted by molar-refractivity contribution is -0.0436. The van der Waals surface area contributed by atoms with Crippen molar-refractivity contribution in [2.24, 2.45) is 0 Å². The summed E-state index contributed by atoms with van der Waals surface area (Å²) in [6.45, 7) is 5.73. The minimum Gasteiger partial charge on any atom is -0.252 e. The Hall–Kier alpha value is -2.40. The van der Waals surface area contributed by atoms with Crippen molar-refractivity contribution >= 4 is 9.84 Å². The molecule has 0 aliphatic heterocycles. The highest BCUT2D eigenvalue weighted by molar-refractivity contribution is 7.92. The number of pyridine rings is 1. The normalized spacial score (nSPS) is 12.7. The molecule has 0 amide bonds. The van der Waals surface area contributed by atoms with E-state index in [9.17, 15) is 26.9 Å². The van der Waals surface area contributed by atoms with Crippen molar-refractivity contribution in [1.82, 2.24) is 4.98 Å². The van der Waals surface area contributed by atoms with E-state index in [0.29, 0.717) is 5.69 Å².